The number of hydrogen-bond donors (Lipinski definition) is 2. The maximum Gasteiger partial charge on any atom is 0.325 e. The first-order valence-corrected chi connectivity index (χ1v) is 8.94. The van der Waals surface area contributed by atoms with Gasteiger partial charge in [0.15, 0.2) is 6.61 Å². The third-order valence-corrected chi connectivity index (χ3v) is 4.10. The van der Waals surface area contributed by atoms with Gasteiger partial charge < -0.3 is 15.4 Å². The molecule has 29 heavy (non-hydrogen) atoms. The number of esters is 1. The number of ether oxygens (including phenoxy) is 1. The Bertz CT molecular complexity index is 947. The smallest absolute Gasteiger partial charge is 0.325 e. The van der Waals surface area contributed by atoms with E-state index in [1.165, 1.54) is 12.1 Å². The number of nitro benzene ring substituents is 1. The van der Waals surface area contributed by atoms with Gasteiger partial charge in [-0.15, -0.1) is 0 Å². The quantitative estimate of drug-likeness (QED) is 0.384. The fourth-order valence-electron chi connectivity index (χ4n) is 2.31. The van der Waals surface area contributed by atoms with Crippen molar-refractivity contribution in [1.82, 2.24) is 5.32 Å². The maximum atomic E-state index is 12.0. The molecule has 0 aromatic heterocycles. The Labute approximate surface area is 171 Å². The van der Waals surface area contributed by atoms with Crippen molar-refractivity contribution >= 4 is 40.8 Å². The standard InChI is InChI=1S/C19H18ClN3O6/c1-2-12-4-3-5-14(8-12)22-17(24)11-29-18(25)10-21-19(26)13-6-7-15(20)16(9-13)23(27)28/h3-9H,2,10-11H2,1H3,(H,21,26)(H,22,24). The molecular formula is C19H18ClN3O6. The lowest BCUT2D eigenvalue weighted by atomic mass is 10.1. The topological polar surface area (TPSA) is 128 Å². The average Bonchev–Trinajstić information content (AvgIpc) is 2.70. The molecule has 0 saturated heterocycles. The second kappa shape index (κ2) is 10.2. The van der Waals surface area contributed by atoms with Crippen molar-refractivity contribution in [3.05, 3.63) is 68.7 Å². The fraction of sp³-hybridized carbons (Fsp3) is 0.211. The molecule has 0 radical (unpaired) electrons. The predicted octanol–water partition coefficient (Wildman–Crippen LogP) is 2.72. The summed E-state index contributed by atoms with van der Waals surface area (Å²) in [4.78, 5) is 45.7. The van der Waals surface area contributed by atoms with E-state index in [4.69, 9.17) is 16.3 Å². The number of carbonyl (C=O) groups excluding carboxylic acids is 3. The molecule has 0 unspecified atom stereocenters. The normalized spacial score (nSPS) is 10.1. The summed E-state index contributed by atoms with van der Waals surface area (Å²) in [5.74, 6) is -2.08. The van der Waals surface area contributed by atoms with Crippen molar-refractivity contribution in [2.24, 2.45) is 0 Å². The predicted molar refractivity (Wildman–Crippen MR) is 106 cm³/mol. The van der Waals surface area contributed by atoms with Crippen molar-refractivity contribution in [1.29, 1.82) is 0 Å². The van der Waals surface area contributed by atoms with Gasteiger partial charge in [0, 0.05) is 17.3 Å². The summed E-state index contributed by atoms with van der Waals surface area (Å²) in [5, 5.41) is 15.6. The molecule has 2 rings (SSSR count). The SMILES string of the molecule is CCc1cccc(NC(=O)COC(=O)CNC(=O)c2ccc(Cl)c([N+](=O)[O-])c2)c1. The van der Waals surface area contributed by atoms with Crippen LogP contribution in [-0.2, 0) is 20.7 Å². The molecule has 0 aliphatic rings. The highest BCUT2D eigenvalue weighted by molar-refractivity contribution is 6.32. The highest BCUT2D eigenvalue weighted by atomic mass is 35.5. The van der Waals surface area contributed by atoms with Gasteiger partial charge in [0.25, 0.3) is 17.5 Å². The Hall–Kier alpha value is -3.46. The number of nitrogens with one attached hydrogen (secondary N) is 2. The first kappa shape index (κ1) is 21.8. The van der Waals surface area contributed by atoms with Crippen LogP contribution in [0.5, 0.6) is 0 Å². The number of anilines is 1. The molecular weight excluding hydrogens is 402 g/mol. The van der Waals surface area contributed by atoms with Gasteiger partial charge in [0.2, 0.25) is 0 Å². The molecule has 0 aliphatic heterocycles. The summed E-state index contributed by atoms with van der Waals surface area (Å²) in [6.45, 7) is 0.963. The average molecular weight is 420 g/mol. The summed E-state index contributed by atoms with van der Waals surface area (Å²) in [5.41, 5.74) is 1.17. The minimum Gasteiger partial charge on any atom is -0.454 e. The van der Waals surface area contributed by atoms with Crippen molar-refractivity contribution in [2.45, 2.75) is 13.3 Å². The molecule has 0 fully saturated rings. The molecule has 0 saturated carbocycles. The van der Waals surface area contributed by atoms with Crippen molar-refractivity contribution in [3.63, 3.8) is 0 Å². The van der Waals surface area contributed by atoms with Crippen LogP contribution in [0.3, 0.4) is 0 Å². The van der Waals surface area contributed by atoms with E-state index in [9.17, 15) is 24.5 Å². The summed E-state index contributed by atoms with van der Waals surface area (Å²) in [7, 11) is 0. The first-order valence-electron chi connectivity index (χ1n) is 8.56. The number of nitrogens with zero attached hydrogens (tertiary/aromatic N) is 1. The molecule has 2 aromatic carbocycles. The molecule has 0 bridgehead atoms. The Morgan fingerprint density at radius 2 is 1.93 bits per heavy atom. The summed E-state index contributed by atoms with van der Waals surface area (Å²) in [6, 6.07) is 10.7. The number of carbonyl (C=O) groups is 3. The minimum atomic E-state index is -0.834. The van der Waals surface area contributed by atoms with Crippen LogP contribution in [0.25, 0.3) is 0 Å². The van der Waals surface area contributed by atoms with Gasteiger partial charge in [-0.1, -0.05) is 30.7 Å². The zero-order valence-electron chi connectivity index (χ0n) is 15.4. The molecule has 0 atom stereocenters. The molecule has 0 spiro atoms. The van der Waals surface area contributed by atoms with Gasteiger partial charge in [0.1, 0.15) is 11.6 Å². The van der Waals surface area contributed by atoms with Crippen LogP contribution in [-0.4, -0.2) is 35.9 Å². The molecule has 2 amide bonds. The Balaban J connectivity index is 1.80. The zero-order valence-corrected chi connectivity index (χ0v) is 16.2. The number of rotatable bonds is 8. The van der Waals surface area contributed by atoms with E-state index in [2.05, 4.69) is 10.6 Å². The largest absolute Gasteiger partial charge is 0.454 e. The van der Waals surface area contributed by atoms with Gasteiger partial charge in [-0.25, -0.2) is 0 Å². The fourth-order valence-corrected chi connectivity index (χ4v) is 2.50. The summed E-state index contributed by atoms with van der Waals surface area (Å²) >= 11 is 5.68. The molecule has 2 aromatic rings. The van der Waals surface area contributed by atoms with Gasteiger partial charge in [-0.05, 0) is 36.2 Å². The monoisotopic (exact) mass is 419 g/mol. The van der Waals surface area contributed by atoms with E-state index in [1.54, 1.807) is 12.1 Å². The molecule has 0 aliphatic carbocycles. The number of halogens is 1. The zero-order chi connectivity index (χ0) is 21.4. The van der Waals surface area contributed by atoms with Crippen LogP contribution >= 0.6 is 11.6 Å². The number of benzene rings is 2. The summed E-state index contributed by atoms with van der Waals surface area (Å²) < 4.78 is 4.80. The Morgan fingerprint density at radius 1 is 1.17 bits per heavy atom. The number of amides is 2. The third kappa shape index (κ3) is 6.58. The van der Waals surface area contributed by atoms with Gasteiger partial charge in [-0.2, -0.15) is 0 Å². The van der Waals surface area contributed by atoms with E-state index < -0.39 is 41.5 Å². The van der Waals surface area contributed by atoms with Gasteiger partial charge in [0.05, 0.1) is 4.92 Å². The maximum absolute atomic E-state index is 12.0. The highest BCUT2D eigenvalue weighted by Gasteiger charge is 2.17. The van der Waals surface area contributed by atoms with Crippen LogP contribution in [0.4, 0.5) is 11.4 Å². The molecule has 9 nitrogen and oxygen atoms in total. The second-order valence-electron chi connectivity index (χ2n) is 5.87. The second-order valence-corrected chi connectivity index (χ2v) is 6.28. The van der Waals surface area contributed by atoms with Crippen LogP contribution in [0, 0.1) is 10.1 Å². The molecule has 2 N–H and O–H groups in total. The third-order valence-electron chi connectivity index (χ3n) is 3.78. The lowest BCUT2D eigenvalue weighted by molar-refractivity contribution is -0.384. The van der Waals surface area contributed by atoms with Crippen LogP contribution in [0.2, 0.25) is 5.02 Å². The highest BCUT2D eigenvalue weighted by Crippen LogP contribution is 2.24. The van der Waals surface area contributed by atoms with Crippen LogP contribution in [0.15, 0.2) is 42.5 Å². The lowest BCUT2D eigenvalue weighted by Crippen LogP contribution is -2.32. The van der Waals surface area contributed by atoms with Crippen molar-refractivity contribution < 1.29 is 24.0 Å². The molecule has 152 valence electrons. The van der Waals surface area contributed by atoms with E-state index in [1.807, 2.05) is 19.1 Å². The Kier molecular flexibility index (Phi) is 7.67. The first-order chi connectivity index (χ1) is 13.8. The molecule has 10 heteroatoms. The molecule has 0 heterocycles. The number of hydrogen-bond acceptors (Lipinski definition) is 6. The number of aryl methyl sites for hydroxylation is 1. The summed E-state index contributed by atoms with van der Waals surface area (Å²) in [6.07, 6.45) is 0.815. The van der Waals surface area contributed by atoms with E-state index in [-0.39, 0.29) is 10.6 Å². The van der Waals surface area contributed by atoms with E-state index >= 15 is 0 Å². The Morgan fingerprint density at radius 3 is 2.62 bits per heavy atom. The lowest BCUT2D eigenvalue weighted by Gasteiger charge is -2.08. The number of nitro groups is 1. The van der Waals surface area contributed by atoms with Gasteiger partial charge >= 0.3 is 5.97 Å². The van der Waals surface area contributed by atoms with E-state index in [0.29, 0.717) is 5.69 Å². The minimum absolute atomic E-state index is 0.0394. The van der Waals surface area contributed by atoms with Gasteiger partial charge in [-0.3, -0.25) is 24.5 Å². The van der Waals surface area contributed by atoms with Crippen LogP contribution in [0.1, 0.15) is 22.8 Å². The van der Waals surface area contributed by atoms with E-state index in [0.717, 1.165) is 18.1 Å². The van der Waals surface area contributed by atoms with Crippen molar-refractivity contribution in [2.75, 3.05) is 18.5 Å². The van der Waals surface area contributed by atoms with Crippen LogP contribution < -0.4 is 10.6 Å². The van der Waals surface area contributed by atoms with Crippen molar-refractivity contribution in [3.8, 4) is 0 Å².